The second kappa shape index (κ2) is 7.43. The highest BCUT2D eigenvalue weighted by Crippen LogP contribution is 2.29. The Morgan fingerprint density at radius 2 is 1.22 bits per heavy atom. The van der Waals surface area contributed by atoms with E-state index in [4.69, 9.17) is 0 Å². The Bertz CT molecular complexity index is 963. The summed E-state index contributed by atoms with van der Waals surface area (Å²) in [6.07, 6.45) is 0. The molecule has 0 amide bonds. The van der Waals surface area contributed by atoms with Crippen LogP contribution in [-0.2, 0) is 0 Å². The topological polar surface area (TPSA) is 71.1 Å². The zero-order chi connectivity index (χ0) is 18.6. The van der Waals surface area contributed by atoms with Crippen LogP contribution < -0.4 is 5.12 Å². The summed E-state index contributed by atoms with van der Waals surface area (Å²) < 4.78 is 0. The second-order valence-corrected chi connectivity index (χ2v) is 6.68. The smallest absolute Gasteiger partial charge is 0.258 e. The molecule has 1 aliphatic heterocycles. The van der Waals surface area contributed by atoms with Gasteiger partial charge in [0.05, 0.1) is 10.6 Å². The van der Waals surface area contributed by atoms with Gasteiger partial charge in [-0.05, 0) is 23.9 Å². The van der Waals surface area contributed by atoms with E-state index in [1.165, 1.54) is 29.0 Å². The first-order chi connectivity index (χ1) is 13.2. The molecule has 1 aliphatic rings. The molecule has 7 heteroatoms. The van der Waals surface area contributed by atoms with Crippen LogP contribution in [0.4, 0.5) is 11.4 Å². The average Bonchev–Trinajstić information content (AvgIpc) is 2.75. The molecule has 0 fully saturated rings. The van der Waals surface area contributed by atoms with Gasteiger partial charge in [-0.25, -0.2) is 0 Å². The number of hydrogen-bond donors (Lipinski definition) is 0. The van der Waals surface area contributed by atoms with Gasteiger partial charge in [0.2, 0.25) is 0 Å². The molecule has 0 aliphatic carbocycles. The van der Waals surface area contributed by atoms with Gasteiger partial charge in [-0.2, -0.15) is 0 Å². The monoisotopic (exact) mass is 374 g/mol. The molecule has 0 saturated carbocycles. The molecule has 132 valence electrons. The third-order valence-electron chi connectivity index (χ3n) is 3.90. The number of hydrazone groups is 2. The maximum absolute atomic E-state index is 10.9. The largest absolute Gasteiger partial charge is 0.269 e. The van der Waals surface area contributed by atoms with Crippen LogP contribution in [0.15, 0.2) is 95.1 Å². The van der Waals surface area contributed by atoms with Crippen molar-refractivity contribution in [2.75, 3.05) is 5.12 Å². The van der Waals surface area contributed by atoms with Crippen LogP contribution in [0.2, 0.25) is 0 Å². The molecule has 4 rings (SSSR count). The molecule has 3 aromatic carbocycles. The van der Waals surface area contributed by atoms with Crippen LogP contribution in [0.1, 0.15) is 11.1 Å². The average molecular weight is 374 g/mol. The van der Waals surface area contributed by atoms with Gasteiger partial charge in [-0.1, -0.05) is 60.7 Å². The van der Waals surface area contributed by atoms with Crippen molar-refractivity contribution in [2.24, 2.45) is 10.2 Å². The summed E-state index contributed by atoms with van der Waals surface area (Å²) in [5, 5.41) is 23.3. The first-order valence-corrected chi connectivity index (χ1v) is 9.03. The van der Waals surface area contributed by atoms with E-state index in [1.807, 2.05) is 60.7 Å². The predicted octanol–water partition coefficient (Wildman–Crippen LogP) is 4.87. The van der Waals surface area contributed by atoms with Crippen LogP contribution in [0.3, 0.4) is 0 Å². The van der Waals surface area contributed by atoms with Crippen molar-refractivity contribution in [3.05, 3.63) is 106 Å². The summed E-state index contributed by atoms with van der Waals surface area (Å²) in [4.78, 5) is 10.5. The van der Waals surface area contributed by atoms with Crippen molar-refractivity contribution in [2.45, 2.75) is 0 Å². The zero-order valence-electron chi connectivity index (χ0n) is 14.1. The Hall–Kier alpha value is -3.45. The molecular formula is C20H14N4O2S. The van der Waals surface area contributed by atoms with Gasteiger partial charge < -0.3 is 0 Å². The van der Waals surface area contributed by atoms with E-state index in [0.29, 0.717) is 5.69 Å². The third kappa shape index (κ3) is 3.73. The van der Waals surface area contributed by atoms with Crippen molar-refractivity contribution >= 4 is 33.2 Å². The predicted molar refractivity (Wildman–Crippen MR) is 109 cm³/mol. The fourth-order valence-electron chi connectivity index (χ4n) is 2.54. The summed E-state index contributed by atoms with van der Waals surface area (Å²) >= 11 is 1.49. The van der Waals surface area contributed by atoms with Crippen molar-refractivity contribution < 1.29 is 4.92 Å². The molecule has 0 radical (unpaired) electrons. The van der Waals surface area contributed by atoms with E-state index in [9.17, 15) is 10.1 Å². The normalized spacial score (nSPS) is 13.7. The Morgan fingerprint density at radius 3 is 1.67 bits per heavy atom. The molecular weight excluding hydrogens is 360 g/mol. The lowest BCUT2D eigenvalue weighted by atomic mass is 10.2. The lowest BCUT2D eigenvalue weighted by molar-refractivity contribution is -0.384. The molecule has 0 spiro atoms. The standard InChI is InChI=1S/C20H14N4O2S/c25-24(26)18-13-11-17(12-14-18)23-21-19(15-7-3-1-4-8-15)27-20(22-23)16-9-5-2-6-10-16/h1-14H. The van der Waals surface area contributed by atoms with E-state index in [0.717, 1.165) is 21.2 Å². The van der Waals surface area contributed by atoms with E-state index in [1.54, 1.807) is 12.1 Å². The van der Waals surface area contributed by atoms with Crippen molar-refractivity contribution in [3.63, 3.8) is 0 Å². The molecule has 0 aromatic heterocycles. The molecule has 27 heavy (non-hydrogen) atoms. The Morgan fingerprint density at radius 1 is 0.741 bits per heavy atom. The van der Waals surface area contributed by atoms with E-state index in [2.05, 4.69) is 10.2 Å². The molecule has 1 heterocycles. The van der Waals surface area contributed by atoms with E-state index >= 15 is 0 Å². The fourth-order valence-corrected chi connectivity index (χ4v) is 3.47. The molecule has 3 aromatic rings. The highest BCUT2D eigenvalue weighted by molar-refractivity contribution is 8.27. The molecule has 0 unspecified atom stereocenters. The number of thioether (sulfide) groups is 1. The summed E-state index contributed by atoms with van der Waals surface area (Å²) in [6, 6.07) is 25.9. The van der Waals surface area contributed by atoms with Crippen LogP contribution in [-0.4, -0.2) is 15.0 Å². The number of nitro benzene ring substituents is 1. The van der Waals surface area contributed by atoms with Crippen LogP contribution in [0, 0.1) is 10.1 Å². The first kappa shape index (κ1) is 17.0. The number of benzene rings is 3. The maximum atomic E-state index is 10.9. The Balaban J connectivity index is 1.76. The number of non-ortho nitro benzene ring substituents is 1. The van der Waals surface area contributed by atoms with Crippen molar-refractivity contribution in [1.29, 1.82) is 0 Å². The fraction of sp³-hybridized carbons (Fsp3) is 0. The summed E-state index contributed by atoms with van der Waals surface area (Å²) in [5.41, 5.74) is 2.66. The summed E-state index contributed by atoms with van der Waals surface area (Å²) in [6.45, 7) is 0. The Kier molecular flexibility index (Phi) is 4.67. The van der Waals surface area contributed by atoms with Crippen LogP contribution >= 0.6 is 11.8 Å². The molecule has 0 bridgehead atoms. The number of nitro groups is 1. The lowest BCUT2D eigenvalue weighted by Crippen LogP contribution is -2.20. The summed E-state index contributed by atoms with van der Waals surface area (Å²) in [7, 11) is 0. The summed E-state index contributed by atoms with van der Waals surface area (Å²) in [5.74, 6) is 0. The van der Waals surface area contributed by atoms with Crippen LogP contribution in [0.5, 0.6) is 0 Å². The van der Waals surface area contributed by atoms with E-state index < -0.39 is 4.92 Å². The van der Waals surface area contributed by atoms with Gasteiger partial charge in [0.25, 0.3) is 5.69 Å². The minimum atomic E-state index is -0.423. The third-order valence-corrected chi connectivity index (χ3v) is 4.92. The highest BCUT2D eigenvalue weighted by atomic mass is 32.2. The van der Waals surface area contributed by atoms with Gasteiger partial charge >= 0.3 is 0 Å². The van der Waals surface area contributed by atoms with Crippen molar-refractivity contribution in [3.8, 4) is 0 Å². The highest BCUT2D eigenvalue weighted by Gasteiger charge is 2.20. The van der Waals surface area contributed by atoms with Gasteiger partial charge in [0, 0.05) is 23.3 Å². The SMILES string of the molecule is O=[N+]([O-])c1ccc(N2N=C(c3ccccc3)SC(c3ccccc3)=N2)cc1. The van der Waals surface area contributed by atoms with Gasteiger partial charge in [-0.15, -0.1) is 15.3 Å². The minimum absolute atomic E-state index is 0.0321. The maximum Gasteiger partial charge on any atom is 0.269 e. The minimum Gasteiger partial charge on any atom is -0.258 e. The number of hydrogen-bond acceptors (Lipinski definition) is 6. The number of nitrogens with zero attached hydrogens (tertiary/aromatic N) is 4. The quantitative estimate of drug-likeness (QED) is 0.482. The zero-order valence-corrected chi connectivity index (χ0v) is 14.9. The molecule has 0 atom stereocenters. The van der Waals surface area contributed by atoms with E-state index in [-0.39, 0.29) is 5.69 Å². The van der Waals surface area contributed by atoms with Gasteiger partial charge in [0.15, 0.2) is 0 Å². The van der Waals surface area contributed by atoms with Crippen molar-refractivity contribution in [1.82, 2.24) is 0 Å². The number of rotatable bonds is 4. The van der Waals surface area contributed by atoms with Gasteiger partial charge in [-0.3, -0.25) is 10.1 Å². The lowest BCUT2D eigenvalue weighted by Gasteiger charge is -2.22. The molecule has 6 nitrogen and oxygen atoms in total. The second-order valence-electron chi connectivity index (χ2n) is 5.71. The van der Waals surface area contributed by atoms with Crippen LogP contribution in [0.25, 0.3) is 0 Å². The molecule has 0 N–H and O–H groups in total. The molecule has 0 saturated heterocycles. The first-order valence-electron chi connectivity index (χ1n) is 8.21. The van der Waals surface area contributed by atoms with Gasteiger partial charge in [0.1, 0.15) is 10.1 Å². The Labute approximate surface area is 160 Å². The number of anilines is 1.